The van der Waals surface area contributed by atoms with Crippen molar-refractivity contribution in [1.82, 2.24) is 0 Å². The van der Waals surface area contributed by atoms with E-state index < -0.39 is 5.97 Å². The van der Waals surface area contributed by atoms with Crippen molar-refractivity contribution in [1.29, 1.82) is 0 Å². The number of methoxy groups -OCH3 is 1. The molecule has 0 atom stereocenters. The highest BCUT2D eigenvalue weighted by Gasteiger charge is 1.90. The van der Waals surface area contributed by atoms with Crippen LogP contribution in [0.2, 0.25) is 0 Å². The molecular formula is C6H12O3. The van der Waals surface area contributed by atoms with E-state index in [1.165, 1.54) is 6.92 Å². The molecule has 54 valence electrons. The highest BCUT2D eigenvalue weighted by molar-refractivity contribution is 5.84. The molecular weight excluding hydrogens is 120 g/mol. The Morgan fingerprint density at radius 2 is 1.67 bits per heavy atom. The lowest BCUT2D eigenvalue weighted by atomic mass is 10.4. The van der Waals surface area contributed by atoms with Gasteiger partial charge >= 0.3 is 5.97 Å². The van der Waals surface area contributed by atoms with Gasteiger partial charge in [0.1, 0.15) is 0 Å². The van der Waals surface area contributed by atoms with Crippen molar-refractivity contribution in [3.63, 3.8) is 0 Å². The minimum atomic E-state index is -0.935. The quantitative estimate of drug-likeness (QED) is 0.539. The first-order valence-electron chi connectivity index (χ1n) is 2.35. The fourth-order valence-electron chi connectivity index (χ4n) is 0. The molecule has 0 amide bonds. The van der Waals surface area contributed by atoms with Crippen molar-refractivity contribution < 1.29 is 14.6 Å². The molecule has 0 fully saturated rings. The van der Waals surface area contributed by atoms with Crippen molar-refractivity contribution in [2.24, 2.45) is 0 Å². The summed E-state index contributed by atoms with van der Waals surface area (Å²) >= 11 is 0. The molecule has 0 bridgehead atoms. The number of aliphatic carboxylic acids is 1. The summed E-state index contributed by atoms with van der Waals surface area (Å²) in [6.45, 7) is 4.60. The van der Waals surface area contributed by atoms with Crippen LogP contribution >= 0.6 is 0 Å². The molecule has 0 aliphatic carbocycles. The van der Waals surface area contributed by atoms with E-state index in [4.69, 9.17) is 5.11 Å². The molecule has 0 saturated heterocycles. The van der Waals surface area contributed by atoms with Crippen LogP contribution in [0.4, 0.5) is 0 Å². The molecule has 0 aliphatic heterocycles. The molecule has 0 saturated carbocycles. The van der Waals surface area contributed by atoms with Gasteiger partial charge in [0.05, 0.1) is 0 Å². The first-order chi connectivity index (χ1) is 4.06. The van der Waals surface area contributed by atoms with Gasteiger partial charge in [-0.1, -0.05) is 6.58 Å². The van der Waals surface area contributed by atoms with Gasteiger partial charge < -0.3 is 9.84 Å². The standard InChI is InChI=1S/C4H6O2.C2H6O/c1-3(2)4(5)6;1-3-2/h1H2,2H3,(H,5,6);1-2H3. The van der Waals surface area contributed by atoms with E-state index in [-0.39, 0.29) is 5.57 Å². The molecule has 1 N–H and O–H groups in total. The third-order valence-corrected chi connectivity index (χ3v) is 0.365. The summed E-state index contributed by atoms with van der Waals surface area (Å²) in [5, 5.41) is 7.89. The van der Waals surface area contributed by atoms with E-state index in [1.807, 2.05) is 0 Å². The van der Waals surface area contributed by atoms with Gasteiger partial charge in [-0.2, -0.15) is 0 Å². The molecule has 0 spiro atoms. The van der Waals surface area contributed by atoms with E-state index in [9.17, 15) is 4.79 Å². The second-order valence-corrected chi connectivity index (χ2v) is 1.49. The molecule has 0 aromatic heterocycles. The Bertz CT molecular complexity index is 84.5. The summed E-state index contributed by atoms with van der Waals surface area (Å²) in [4.78, 5) is 9.60. The highest BCUT2D eigenvalue weighted by atomic mass is 16.4. The van der Waals surface area contributed by atoms with Crippen LogP contribution in [0.25, 0.3) is 0 Å². The van der Waals surface area contributed by atoms with E-state index in [0.29, 0.717) is 0 Å². The number of carboxylic acid groups (broad SMARTS) is 1. The fourth-order valence-corrected chi connectivity index (χ4v) is 0. The van der Waals surface area contributed by atoms with E-state index >= 15 is 0 Å². The van der Waals surface area contributed by atoms with Crippen molar-refractivity contribution in [2.75, 3.05) is 14.2 Å². The molecule has 0 heterocycles. The van der Waals surface area contributed by atoms with Crippen LogP contribution < -0.4 is 0 Å². The summed E-state index contributed by atoms with van der Waals surface area (Å²) in [5.74, 6) is -0.935. The first kappa shape index (κ1) is 11.0. The van der Waals surface area contributed by atoms with E-state index in [2.05, 4.69) is 11.3 Å². The Kier molecular flexibility index (Phi) is 8.79. The predicted octanol–water partition coefficient (Wildman–Crippen LogP) is 0.910. The Morgan fingerprint density at radius 3 is 1.67 bits per heavy atom. The molecule has 0 aromatic carbocycles. The SMILES string of the molecule is C=C(C)C(=O)O.COC. The average Bonchev–Trinajstić information content (AvgIpc) is 1.68. The number of carbonyl (C=O) groups is 1. The average molecular weight is 132 g/mol. The maximum atomic E-state index is 9.60. The van der Waals surface area contributed by atoms with Crippen molar-refractivity contribution in [3.8, 4) is 0 Å². The Labute approximate surface area is 54.9 Å². The zero-order chi connectivity index (χ0) is 7.86. The summed E-state index contributed by atoms with van der Waals surface area (Å²) in [5.41, 5.74) is 0.176. The largest absolute Gasteiger partial charge is 0.478 e. The van der Waals surface area contributed by atoms with Gasteiger partial charge in [-0.05, 0) is 6.92 Å². The second kappa shape index (κ2) is 7.17. The van der Waals surface area contributed by atoms with Gasteiger partial charge in [0.15, 0.2) is 0 Å². The molecule has 9 heavy (non-hydrogen) atoms. The fraction of sp³-hybridized carbons (Fsp3) is 0.500. The van der Waals surface area contributed by atoms with Gasteiger partial charge in [-0.15, -0.1) is 0 Å². The number of rotatable bonds is 1. The Hall–Kier alpha value is -0.830. The lowest BCUT2D eigenvalue weighted by Crippen LogP contribution is -1.92. The smallest absolute Gasteiger partial charge is 0.330 e. The topological polar surface area (TPSA) is 46.5 Å². The highest BCUT2D eigenvalue weighted by Crippen LogP contribution is 1.81. The van der Waals surface area contributed by atoms with Crippen LogP contribution in [0.15, 0.2) is 12.2 Å². The Morgan fingerprint density at radius 1 is 1.56 bits per heavy atom. The summed E-state index contributed by atoms with van der Waals surface area (Å²) in [6.07, 6.45) is 0. The Balaban J connectivity index is 0. The minimum absolute atomic E-state index is 0.176. The second-order valence-electron chi connectivity index (χ2n) is 1.49. The number of hydrogen-bond acceptors (Lipinski definition) is 2. The van der Waals surface area contributed by atoms with Gasteiger partial charge in [-0.3, -0.25) is 0 Å². The van der Waals surface area contributed by atoms with E-state index in [1.54, 1.807) is 14.2 Å². The summed E-state index contributed by atoms with van der Waals surface area (Å²) < 4.78 is 4.25. The van der Waals surface area contributed by atoms with Gasteiger partial charge in [-0.25, -0.2) is 4.79 Å². The molecule has 0 rings (SSSR count). The van der Waals surface area contributed by atoms with Crippen molar-refractivity contribution in [2.45, 2.75) is 6.92 Å². The van der Waals surface area contributed by atoms with Gasteiger partial charge in [0, 0.05) is 19.8 Å². The number of hydrogen-bond donors (Lipinski definition) is 1. The normalized spacial score (nSPS) is 7.00. The van der Waals surface area contributed by atoms with Crippen LogP contribution in [0.5, 0.6) is 0 Å². The molecule has 0 radical (unpaired) electrons. The van der Waals surface area contributed by atoms with Gasteiger partial charge in [0.25, 0.3) is 0 Å². The maximum Gasteiger partial charge on any atom is 0.330 e. The summed E-state index contributed by atoms with van der Waals surface area (Å²) in [6, 6.07) is 0. The molecule has 0 unspecified atom stereocenters. The third kappa shape index (κ3) is 19.1. The molecule has 3 nitrogen and oxygen atoms in total. The van der Waals surface area contributed by atoms with Crippen LogP contribution in [-0.4, -0.2) is 25.3 Å². The monoisotopic (exact) mass is 132 g/mol. The zero-order valence-electron chi connectivity index (χ0n) is 5.97. The minimum Gasteiger partial charge on any atom is -0.478 e. The van der Waals surface area contributed by atoms with Crippen LogP contribution in [0, 0.1) is 0 Å². The summed E-state index contributed by atoms with van der Waals surface area (Å²) in [7, 11) is 3.25. The number of ether oxygens (including phenoxy) is 1. The lowest BCUT2D eigenvalue weighted by molar-refractivity contribution is -0.132. The van der Waals surface area contributed by atoms with Gasteiger partial charge in [0.2, 0.25) is 0 Å². The zero-order valence-corrected chi connectivity index (χ0v) is 5.97. The number of carboxylic acids is 1. The first-order valence-corrected chi connectivity index (χ1v) is 2.35. The molecule has 3 heteroatoms. The van der Waals surface area contributed by atoms with Crippen molar-refractivity contribution in [3.05, 3.63) is 12.2 Å². The van der Waals surface area contributed by atoms with Crippen molar-refractivity contribution >= 4 is 5.97 Å². The van der Waals surface area contributed by atoms with Crippen LogP contribution in [0.1, 0.15) is 6.92 Å². The predicted molar refractivity (Wildman–Crippen MR) is 35.4 cm³/mol. The van der Waals surface area contributed by atoms with E-state index in [0.717, 1.165) is 0 Å². The molecule has 0 aromatic rings. The van der Waals surface area contributed by atoms with Crippen LogP contribution in [-0.2, 0) is 9.53 Å². The van der Waals surface area contributed by atoms with Crippen LogP contribution in [0.3, 0.4) is 0 Å². The maximum absolute atomic E-state index is 9.60. The third-order valence-electron chi connectivity index (χ3n) is 0.365. The molecule has 0 aliphatic rings. The lowest BCUT2D eigenvalue weighted by Gasteiger charge is -1.79.